The molecule has 2 aromatic heterocycles. The summed E-state index contributed by atoms with van der Waals surface area (Å²) < 4.78 is 5.21. The molecule has 0 aromatic carbocycles. The molecule has 3 rings (SSSR count). The fourth-order valence-corrected chi connectivity index (χ4v) is 3.15. The van der Waals surface area contributed by atoms with Crippen molar-refractivity contribution in [3.8, 4) is 10.6 Å². The number of carbonyl (C=O) groups excluding carboxylic acids is 1. The summed E-state index contributed by atoms with van der Waals surface area (Å²) in [5.74, 6) is 0.475. The lowest BCUT2D eigenvalue weighted by molar-refractivity contribution is 0.0945. The van der Waals surface area contributed by atoms with Crippen LogP contribution in [0.1, 0.15) is 42.6 Å². The Bertz CT molecular complexity index is 629. The molecule has 110 valence electrons. The topological polar surface area (TPSA) is 55.1 Å². The van der Waals surface area contributed by atoms with Gasteiger partial charge in [0.2, 0.25) is 0 Å². The molecule has 2 heterocycles. The molecular weight excluding hydrogens is 284 g/mol. The van der Waals surface area contributed by atoms with Crippen molar-refractivity contribution in [2.24, 2.45) is 0 Å². The molecule has 0 unspecified atom stereocenters. The van der Waals surface area contributed by atoms with E-state index in [1.165, 1.54) is 31.3 Å². The summed E-state index contributed by atoms with van der Waals surface area (Å²) >= 11 is 1.56. The standard InChI is InChI=1S/C16H18N2O2S/c19-16(17-9-8-12-5-2-1-3-6-12)13-11-14(20-18-13)15-7-4-10-21-15/h4-5,7,10-11H,1-3,6,8-9H2,(H,17,19). The Morgan fingerprint density at radius 2 is 2.38 bits per heavy atom. The quantitative estimate of drug-likeness (QED) is 0.849. The molecule has 0 aliphatic heterocycles. The fourth-order valence-electron chi connectivity index (χ4n) is 2.48. The Balaban J connectivity index is 1.52. The molecule has 2 aromatic rings. The van der Waals surface area contributed by atoms with Gasteiger partial charge in [0, 0.05) is 12.6 Å². The second-order valence-electron chi connectivity index (χ2n) is 5.17. The van der Waals surface area contributed by atoms with E-state index in [1.54, 1.807) is 17.4 Å². The molecule has 1 N–H and O–H groups in total. The zero-order chi connectivity index (χ0) is 14.5. The maximum Gasteiger partial charge on any atom is 0.273 e. The van der Waals surface area contributed by atoms with Gasteiger partial charge in [-0.05, 0) is 43.6 Å². The summed E-state index contributed by atoms with van der Waals surface area (Å²) in [6, 6.07) is 5.59. The molecule has 0 atom stereocenters. The van der Waals surface area contributed by atoms with E-state index in [0.29, 0.717) is 18.0 Å². The SMILES string of the molecule is O=C(NCCC1=CCCCC1)c1cc(-c2cccs2)on1. The van der Waals surface area contributed by atoms with Crippen LogP contribution < -0.4 is 5.32 Å². The van der Waals surface area contributed by atoms with E-state index in [9.17, 15) is 4.79 Å². The molecule has 0 radical (unpaired) electrons. The second-order valence-corrected chi connectivity index (χ2v) is 6.12. The van der Waals surface area contributed by atoms with Crippen LogP contribution in [0.25, 0.3) is 10.6 Å². The maximum atomic E-state index is 12.0. The number of aromatic nitrogens is 1. The van der Waals surface area contributed by atoms with Crippen molar-refractivity contribution in [2.75, 3.05) is 6.54 Å². The molecule has 5 heteroatoms. The lowest BCUT2D eigenvalue weighted by Crippen LogP contribution is -2.25. The molecule has 0 spiro atoms. The van der Waals surface area contributed by atoms with Crippen LogP contribution in [-0.2, 0) is 0 Å². The van der Waals surface area contributed by atoms with Crippen molar-refractivity contribution in [2.45, 2.75) is 32.1 Å². The smallest absolute Gasteiger partial charge is 0.273 e. The first kappa shape index (κ1) is 14.1. The Hall–Kier alpha value is -1.88. The van der Waals surface area contributed by atoms with Crippen molar-refractivity contribution >= 4 is 17.2 Å². The van der Waals surface area contributed by atoms with E-state index in [0.717, 1.165) is 11.3 Å². The van der Waals surface area contributed by atoms with Crippen LogP contribution in [0.15, 0.2) is 39.8 Å². The Morgan fingerprint density at radius 3 is 3.14 bits per heavy atom. The van der Waals surface area contributed by atoms with Crippen LogP contribution in [0, 0.1) is 0 Å². The minimum Gasteiger partial charge on any atom is -0.355 e. The zero-order valence-corrected chi connectivity index (χ0v) is 12.6. The largest absolute Gasteiger partial charge is 0.355 e. The number of hydrogen-bond donors (Lipinski definition) is 1. The van der Waals surface area contributed by atoms with Crippen molar-refractivity contribution < 1.29 is 9.32 Å². The fraction of sp³-hybridized carbons (Fsp3) is 0.375. The summed E-state index contributed by atoms with van der Waals surface area (Å²) in [6.45, 7) is 0.659. The number of hydrogen-bond acceptors (Lipinski definition) is 4. The average molecular weight is 302 g/mol. The summed E-state index contributed by atoms with van der Waals surface area (Å²) in [7, 11) is 0. The summed E-state index contributed by atoms with van der Waals surface area (Å²) in [6.07, 6.45) is 8.15. The highest BCUT2D eigenvalue weighted by Crippen LogP contribution is 2.25. The summed E-state index contributed by atoms with van der Waals surface area (Å²) in [5, 5.41) is 8.72. The Kier molecular flexibility index (Phi) is 4.50. The van der Waals surface area contributed by atoms with Gasteiger partial charge in [0.1, 0.15) is 0 Å². The maximum absolute atomic E-state index is 12.0. The van der Waals surface area contributed by atoms with Gasteiger partial charge in [0.05, 0.1) is 4.88 Å². The number of thiophene rings is 1. The van der Waals surface area contributed by atoms with Gasteiger partial charge in [-0.25, -0.2) is 0 Å². The molecule has 4 nitrogen and oxygen atoms in total. The highest BCUT2D eigenvalue weighted by Gasteiger charge is 2.14. The van der Waals surface area contributed by atoms with Crippen LogP contribution in [-0.4, -0.2) is 17.6 Å². The molecule has 0 saturated carbocycles. The highest BCUT2D eigenvalue weighted by atomic mass is 32.1. The van der Waals surface area contributed by atoms with Crippen LogP contribution in [0.5, 0.6) is 0 Å². The predicted molar refractivity (Wildman–Crippen MR) is 83.3 cm³/mol. The van der Waals surface area contributed by atoms with E-state index in [-0.39, 0.29) is 5.91 Å². The van der Waals surface area contributed by atoms with Crippen LogP contribution in [0.4, 0.5) is 0 Å². The number of nitrogens with zero attached hydrogens (tertiary/aromatic N) is 1. The third-order valence-electron chi connectivity index (χ3n) is 3.62. The van der Waals surface area contributed by atoms with E-state index in [1.807, 2.05) is 17.5 Å². The molecule has 0 fully saturated rings. The Labute approximate surface area is 127 Å². The molecule has 1 aliphatic rings. The van der Waals surface area contributed by atoms with Crippen molar-refractivity contribution in [1.82, 2.24) is 10.5 Å². The number of amides is 1. The van der Waals surface area contributed by atoms with Crippen LogP contribution >= 0.6 is 11.3 Å². The zero-order valence-electron chi connectivity index (χ0n) is 11.8. The second kappa shape index (κ2) is 6.72. The summed E-state index contributed by atoms with van der Waals surface area (Å²) in [5.41, 5.74) is 1.80. The third-order valence-corrected chi connectivity index (χ3v) is 4.51. The predicted octanol–water partition coefficient (Wildman–Crippen LogP) is 4.02. The van der Waals surface area contributed by atoms with Crippen molar-refractivity contribution in [3.63, 3.8) is 0 Å². The average Bonchev–Trinajstić information content (AvgIpc) is 3.19. The van der Waals surface area contributed by atoms with Gasteiger partial charge in [-0.1, -0.05) is 22.9 Å². The molecule has 1 aliphatic carbocycles. The number of allylic oxidation sites excluding steroid dienone is 1. The van der Waals surface area contributed by atoms with Gasteiger partial charge in [-0.15, -0.1) is 11.3 Å². The molecular formula is C16H18N2O2S. The molecule has 1 amide bonds. The third kappa shape index (κ3) is 3.61. The van der Waals surface area contributed by atoms with E-state index >= 15 is 0 Å². The first-order valence-electron chi connectivity index (χ1n) is 7.29. The Morgan fingerprint density at radius 1 is 1.43 bits per heavy atom. The minimum atomic E-state index is -0.169. The summed E-state index contributed by atoms with van der Waals surface area (Å²) in [4.78, 5) is 13.0. The van der Waals surface area contributed by atoms with Gasteiger partial charge in [-0.3, -0.25) is 4.79 Å². The highest BCUT2D eigenvalue weighted by molar-refractivity contribution is 7.13. The minimum absolute atomic E-state index is 0.169. The normalized spacial score (nSPS) is 14.8. The van der Waals surface area contributed by atoms with Crippen LogP contribution in [0.2, 0.25) is 0 Å². The first-order chi connectivity index (χ1) is 10.3. The number of nitrogens with one attached hydrogen (secondary N) is 1. The van der Waals surface area contributed by atoms with Gasteiger partial charge in [0.15, 0.2) is 11.5 Å². The molecule has 0 saturated heterocycles. The van der Waals surface area contributed by atoms with Crippen molar-refractivity contribution in [1.29, 1.82) is 0 Å². The van der Waals surface area contributed by atoms with Gasteiger partial charge in [0.25, 0.3) is 5.91 Å². The lowest BCUT2D eigenvalue weighted by Gasteiger charge is -2.12. The molecule has 0 bridgehead atoms. The first-order valence-corrected chi connectivity index (χ1v) is 8.17. The van der Waals surface area contributed by atoms with E-state index in [2.05, 4.69) is 16.5 Å². The molecule has 21 heavy (non-hydrogen) atoms. The van der Waals surface area contributed by atoms with Crippen molar-refractivity contribution in [3.05, 3.63) is 40.9 Å². The monoisotopic (exact) mass is 302 g/mol. The van der Waals surface area contributed by atoms with Gasteiger partial charge >= 0.3 is 0 Å². The van der Waals surface area contributed by atoms with E-state index < -0.39 is 0 Å². The van der Waals surface area contributed by atoms with Gasteiger partial charge in [-0.2, -0.15) is 0 Å². The number of carbonyl (C=O) groups is 1. The van der Waals surface area contributed by atoms with Gasteiger partial charge < -0.3 is 9.84 Å². The lowest BCUT2D eigenvalue weighted by atomic mass is 9.97. The number of rotatable bonds is 5. The van der Waals surface area contributed by atoms with E-state index in [4.69, 9.17) is 4.52 Å². The van der Waals surface area contributed by atoms with Crippen LogP contribution in [0.3, 0.4) is 0 Å².